The molecule has 0 aromatic heterocycles. The normalized spacial score (nSPS) is 12.9. The molecule has 1 aromatic carbocycles. The second-order valence-electron chi connectivity index (χ2n) is 6.04. The van der Waals surface area contributed by atoms with Gasteiger partial charge in [0.1, 0.15) is 0 Å². The summed E-state index contributed by atoms with van der Waals surface area (Å²) in [6.07, 6.45) is 1.02. The lowest BCUT2D eigenvalue weighted by molar-refractivity contribution is 0.143. The van der Waals surface area contributed by atoms with Crippen molar-refractivity contribution < 1.29 is 19.3 Å². The first-order valence-electron chi connectivity index (χ1n) is 6.81. The summed E-state index contributed by atoms with van der Waals surface area (Å²) in [5.41, 5.74) is 0.916. The van der Waals surface area contributed by atoms with Gasteiger partial charge >= 0.3 is 0 Å². The van der Waals surface area contributed by atoms with E-state index in [1.807, 2.05) is 6.07 Å². The van der Waals surface area contributed by atoms with Crippen LogP contribution in [0.1, 0.15) is 45.3 Å². The lowest BCUT2D eigenvalue weighted by atomic mass is 9.88. The Morgan fingerprint density at radius 3 is 2.05 bits per heavy atom. The Kier molecular flexibility index (Phi) is 5.69. The molecule has 0 saturated carbocycles. The van der Waals surface area contributed by atoms with Gasteiger partial charge in [0, 0.05) is 5.56 Å². The molecule has 20 heavy (non-hydrogen) atoms. The second-order valence-corrected chi connectivity index (χ2v) is 6.04. The van der Waals surface area contributed by atoms with Crippen LogP contribution in [-0.2, 0) is 0 Å². The average Bonchev–Trinajstić information content (AvgIpc) is 2.41. The maximum Gasteiger partial charge on any atom is 0.203 e. The fraction of sp³-hybridized carbons (Fsp3) is 0.625. The largest absolute Gasteiger partial charge is 0.493 e. The van der Waals surface area contributed by atoms with Gasteiger partial charge < -0.3 is 19.3 Å². The van der Waals surface area contributed by atoms with Crippen molar-refractivity contribution in [1.29, 1.82) is 0 Å². The third-order valence-electron chi connectivity index (χ3n) is 3.26. The number of benzene rings is 1. The van der Waals surface area contributed by atoms with E-state index in [-0.39, 0.29) is 5.41 Å². The van der Waals surface area contributed by atoms with Gasteiger partial charge in [-0.15, -0.1) is 0 Å². The van der Waals surface area contributed by atoms with Crippen LogP contribution in [0.25, 0.3) is 0 Å². The molecule has 0 amide bonds. The molecule has 0 radical (unpaired) electrons. The first-order valence-corrected chi connectivity index (χ1v) is 6.81. The summed E-state index contributed by atoms with van der Waals surface area (Å²) in [7, 11) is 4.70. The highest BCUT2D eigenvalue weighted by molar-refractivity contribution is 5.56. The minimum absolute atomic E-state index is 0.185. The molecule has 0 spiro atoms. The number of ether oxygens (including phenoxy) is 3. The molecule has 1 N–H and O–H groups in total. The third kappa shape index (κ3) is 4.04. The molecule has 1 unspecified atom stereocenters. The van der Waals surface area contributed by atoms with Crippen LogP contribution in [0.15, 0.2) is 12.1 Å². The second kappa shape index (κ2) is 6.84. The van der Waals surface area contributed by atoms with Crippen molar-refractivity contribution in [3.8, 4) is 17.2 Å². The van der Waals surface area contributed by atoms with Crippen molar-refractivity contribution in [1.82, 2.24) is 0 Å². The van der Waals surface area contributed by atoms with Crippen LogP contribution >= 0.6 is 0 Å². The summed E-state index contributed by atoms with van der Waals surface area (Å²) in [5, 5.41) is 10.4. The van der Waals surface area contributed by atoms with E-state index in [4.69, 9.17) is 14.2 Å². The smallest absolute Gasteiger partial charge is 0.203 e. The molecule has 0 aliphatic heterocycles. The van der Waals surface area contributed by atoms with E-state index in [0.29, 0.717) is 23.7 Å². The quantitative estimate of drug-likeness (QED) is 0.866. The standard InChI is InChI=1S/C16H26O4/c1-16(2,3)10-9-12(17)11-7-8-13(18-4)15(20-6)14(11)19-5/h7-8,12,17H,9-10H2,1-6H3. The number of aliphatic hydroxyl groups excluding tert-OH is 1. The van der Waals surface area contributed by atoms with Crippen LogP contribution in [0.3, 0.4) is 0 Å². The van der Waals surface area contributed by atoms with Gasteiger partial charge in [-0.3, -0.25) is 0 Å². The van der Waals surface area contributed by atoms with Gasteiger partial charge in [-0.25, -0.2) is 0 Å². The third-order valence-corrected chi connectivity index (χ3v) is 3.26. The lowest BCUT2D eigenvalue weighted by Gasteiger charge is -2.22. The monoisotopic (exact) mass is 282 g/mol. The van der Waals surface area contributed by atoms with Crippen molar-refractivity contribution >= 4 is 0 Å². The fourth-order valence-electron chi connectivity index (χ4n) is 2.11. The molecule has 0 aliphatic carbocycles. The SMILES string of the molecule is COc1ccc(C(O)CCC(C)(C)C)c(OC)c1OC. The topological polar surface area (TPSA) is 47.9 Å². The molecule has 0 saturated heterocycles. The highest BCUT2D eigenvalue weighted by atomic mass is 16.5. The Bertz CT molecular complexity index is 435. The summed E-state index contributed by atoms with van der Waals surface area (Å²) < 4.78 is 16.0. The zero-order valence-electron chi connectivity index (χ0n) is 13.3. The Morgan fingerprint density at radius 2 is 1.60 bits per heavy atom. The summed E-state index contributed by atoms with van der Waals surface area (Å²) >= 11 is 0. The van der Waals surface area contributed by atoms with Gasteiger partial charge in [0.25, 0.3) is 0 Å². The molecule has 0 fully saturated rings. The maximum atomic E-state index is 10.4. The van der Waals surface area contributed by atoms with Crippen molar-refractivity contribution in [3.63, 3.8) is 0 Å². The minimum Gasteiger partial charge on any atom is -0.493 e. The van der Waals surface area contributed by atoms with Crippen LogP contribution in [0.4, 0.5) is 0 Å². The molecule has 114 valence electrons. The van der Waals surface area contributed by atoms with Crippen LogP contribution in [-0.4, -0.2) is 26.4 Å². The first-order chi connectivity index (χ1) is 9.34. The van der Waals surface area contributed by atoms with Gasteiger partial charge in [0.2, 0.25) is 5.75 Å². The number of hydrogen-bond acceptors (Lipinski definition) is 4. The molecular weight excluding hydrogens is 256 g/mol. The maximum absolute atomic E-state index is 10.4. The van der Waals surface area contributed by atoms with Gasteiger partial charge in [-0.1, -0.05) is 20.8 Å². The summed E-state index contributed by atoms with van der Waals surface area (Å²) in [6.45, 7) is 6.47. The van der Waals surface area contributed by atoms with E-state index in [0.717, 1.165) is 12.0 Å². The molecule has 0 heterocycles. The summed E-state index contributed by atoms with van der Waals surface area (Å²) in [5.74, 6) is 1.65. The zero-order chi connectivity index (χ0) is 15.3. The van der Waals surface area contributed by atoms with Crippen molar-refractivity contribution in [2.75, 3.05) is 21.3 Å². The van der Waals surface area contributed by atoms with Gasteiger partial charge in [-0.05, 0) is 30.4 Å². The lowest BCUT2D eigenvalue weighted by Crippen LogP contribution is -2.09. The fourth-order valence-corrected chi connectivity index (χ4v) is 2.11. The number of aliphatic hydroxyl groups is 1. The minimum atomic E-state index is -0.580. The van der Waals surface area contributed by atoms with Gasteiger partial charge in [0.15, 0.2) is 11.5 Å². The van der Waals surface area contributed by atoms with Crippen molar-refractivity contribution in [3.05, 3.63) is 17.7 Å². The van der Waals surface area contributed by atoms with E-state index in [9.17, 15) is 5.11 Å². The van der Waals surface area contributed by atoms with Crippen LogP contribution in [0.2, 0.25) is 0 Å². The van der Waals surface area contributed by atoms with Crippen molar-refractivity contribution in [2.45, 2.75) is 39.7 Å². The van der Waals surface area contributed by atoms with E-state index in [2.05, 4.69) is 20.8 Å². The van der Waals surface area contributed by atoms with Gasteiger partial charge in [-0.2, -0.15) is 0 Å². The van der Waals surface area contributed by atoms with Crippen LogP contribution in [0, 0.1) is 5.41 Å². The highest BCUT2D eigenvalue weighted by Crippen LogP contribution is 2.43. The Labute approximate surface area is 121 Å². The van der Waals surface area contributed by atoms with E-state index in [1.165, 1.54) is 0 Å². The molecule has 1 atom stereocenters. The van der Waals surface area contributed by atoms with Crippen molar-refractivity contribution in [2.24, 2.45) is 5.41 Å². The molecule has 0 aliphatic rings. The molecule has 1 aromatic rings. The van der Waals surface area contributed by atoms with Gasteiger partial charge in [0.05, 0.1) is 27.4 Å². The predicted molar refractivity (Wildman–Crippen MR) is 79.7 cm³/mol. The molecule has 1 rings (SSSR count). The summed E-state index contributed by atoms with van der Waals surface area (Å²) in [6, 6.07) is 3.62. The van der Waals surface area contributed by atoms with E-state index < -0.39 is 6.10 Å². The first kappa shape index (κ1) is 16.6. The molecule has 4 heteroatoms. The molecule has 4 nitrogen and oxygen atoms in total. The highest BCUT2D eigenvalue weighted by Gasteiger charge is 2.22. The summed E-state index contributed by atoms with van der Waals surface area (Å²) in [4.78, 5) is 0. The molecule has 0 bridgehead atoms. The molecular formula is C16H26O4. The number of methoxy groups -OCH3 is 3. The predicted octanol–water partition coefficient (Wildman–Crippen LogP) is 3.57. The zero-order valence-corrected chi connectivity index (χ0v) is 13.3. The van der Waals surface area contributed by atoms with E-state index in [1.54, 1.807) is 27.4 Å². The Morgan fingerprint density at radius 1 is 1.00 bits per heavy atom. The number of rotatable bonds is 6. The Hall–Kier alpha value is -1.42. The average molecular weight is 282 g/mol. The van der Waals surface area contributed by atoms with Crippen LogP contribution in [0.5, 0.6) is 17.2 Å². The number of hydrogen-bond donors (Lipinski definition) is 1. The van der Waals surface area contributed by atoms with E-state index >= 15 is 0 Å². The Balaban J connectivity index is 3.05. The van der Waals surface area contributed by atoms with Crippen LogP contribution < -0.4 is 14.2 Å².